The molecule has 0 saturated heterocycles. The first-order valence-electron chi connectivity index (χ1n) is 4.83. The highest BCUT2D eigenvalue weighted by atomic mass is 127. The lowest BCUT2D eigenvalue weighted by atomic mass is 10.2. The minimum Gasteiger partial charge on any atom is -0.469 e. The van der Waals surface area contributed by atoms with Gasteiger partial charge in [0.15, 0.2) is 0 Å². The lowest BCUT2D eigenvalue weighted by Gasteiger charge is -2.13. The van der Waals surface area contributed by atoms with Crippen molar-refractivity contribution in [3.63, 3.8) is 0 Å². The number of halogens is 5. The van der Waals surface area contributed by atoms with E-state index in [9.17, 15) is 18.0 Å². The van der Waals surface area contributed by atoms with E-state index in [2.05, 4.69) is 30.4 Å². The van der Waals surface area contributed by atoms with E-state index in [0.717, 1.165) is 0 Å². The van der Waals surface area contributed by atoms with Crippen molar-refractivity contribution in [3.05, 3.63) is 20.9 Å². The Morgan fingerprint density at radius 2 is 2.16 bits per heavy atom. The predicted molar refractivity (Wildman–Crippen MR) is 72.0 cm³/mol. The molecule has 0 atom stereocenters. The molecule has 0 bridgehead atoms. The van der Waals surface area contributed by atoms with E-state index in [4.69, 9.17) is 0 Å². The van der Waals surface area contributed by atoms with Gasteiger partial charge in [-0.3, -0.25) is 4.79 Å². The molecule has 0 spiro atoms. The molecule has 0 fully saturated rings. The van der Waals surface area contributed by atoms with Crippen LogP contribution in [0.5, 0.6) is 5.88 Å². The molecule has 0 radical (unpaired) electrons. The topological polar surface area (TPSA) is 48.4 Å². The predicted octanol–water partition coefficient (Wildman–Crippen LogP) is 3.20. The molecule has 106 valence electrons. The van der Waals surface area contributed by atoms with Crippen LogP contribution in [0.2, 0.25) is 0 Å². The van der Waals surface area contributed by atoms with Gasteiger partial charge in [0.2, 0.25) is 5.88 Å². The maximum absolute atomic E-state index is 12.2. The Hall–Kier alpha value is -0.580. The summed E-state index contributed by atoms with van der Waals surface area (Å²) in [7, 11) is 1.19. The maximum Gasteiger partial charge on any atom is 0.574 e. The second kappa shape index (κ2) is 6.73. The maximum atomic E-state index is 12.2. The number of methoxy groups -OCH3 is 1. The molecule has 1 heterocycles. The number of ether oxygens (including phenoxy) is 2. The van der Waals surface area contributed by atoms with E-state index >= 15 is 0 Å². The lowest BCUT2D eigenvalue weighted by Crippen LogP contribution is -2.20. The number of rotatable bonds is 4. The quantitative estimate of drug-likeness (QED) is 0.399. The normalized spacial score (nSPS) is 11.3. The van der Waals surface area contributed by atoms with Crippen molar-refractivity contribution in [2.75, 3.05) is 7.11 Å². The highest BCUT2D eigenvalue weighted by Crippen LogP contribution is 2.30. The monoisotopic (exact) mass is 453 g/mol. The number of nitrogens with zero attached hydrogens (tertiary/aromatic N) is 1. The van der Waals surface area contributed by atoms with Gasteiger partial charge in [-0.05, 0) is 34.2 Å². The van der Waals surface area contributed by atoms with Gasteiger partial charge in [0, 0.05) is 5.33 Å². The summed E-state index contributed by atoms with van der Waals surface area (Å²) < 4.78 is 45.3. The molecule has 1 aromatic rings. The van der Waals surface area contributed by atoms with Gasteiger partial charge in [-0.2, -0.15) is 0 Å². The highest BCUT2D eigenvalue weighted by molar-refractivity contribution is 14.1. The lowest BCUT2D eigenvalue weighted by molar-refractivity contribution is -0.276. The van der Waals surface area contributed by atoms with Crippen LogP contribution in [-0.4, -0.2) is 24.4 Å². The van der Waals surface area contributed by atoms with Crippen LogP contribution in [-0.2, 0) is 21.3 Å². The van der Waals surface area contributed by atoms with Crippen molar-refractivity contribution in [2.24, 2.45) is 0 Å². The Kier molecular flexibility index (Phi) is 5.83. The molecule has 0 aliphatic carbocycles. The number of aromatic nitrogens is 1. The Labute approximate surface area is 128 Å². The third-order valence-electron chi connectivity index (χ3n) is 1.97. The Balaban J connectivity index is 3.14. The zero-order valence-corrected chi connectivity index (χ0v) is 13.3. The van der Waals surface area contributed by atoms with Crippen LogP contribution >= 0.6 is 38.5 Å². The van der Waals surface area contributed by atoms with E-state index in [-0.39, 0.29) is 15.7 Å². The Morgan fingerprint density at radius 1 is 1.53 bits per heavy atom. The van der Waals surface area contributed by atoms with Crippen molar-refractivity contribution in [3.8, 4) is 5.88 Å². The number of alkyl halides is 4. The molecule has 0 N–H and O–H groups in total. The first kappa shape index (κ1) is 16.5. The average Bonchev–Trinajstić information content (AvgIpc) is 2.31. The van der Waals surface area contributed by atoms with Crippen LogP contribution in [0.3, 0.4) is 0 Å². The van der Waals surface area contributed by atoms with E-state index in [1.54, 1.807) is 22.6 Å². The number of carbonyl (C=O) groups excluding carboxylic acids is 1. The van der Waals surface area contributed by atoms with Crippen molar-refractivity contribution in [1.82, 2.24) is 4.98 Å². The highest BCUT2D eigenvalue weighted by Gasteiger charge is 2.33. The standard InChI is InChI=1S/C10H8BrF3INO3/c1-18-7(17)3-6-2-5(4-11)8(15)9(16-6)19-10(12,13)14/h2H,3-4H2,1H3. The van der Waals surface area contributed by atoms with Crippen LogP contribution in [0, 0.1) is 3.57 Å². The number of hydrogen-bond acceptors (Lipinski definition) is 4. The Bertz CT molecular complexity index is 482. The van der Waals surface area contributed by atoms with Crippen LogP contribution in [0.15, 0.2) is 6.07 Å². The fourth-order valence-electron chi connectivity index (χ4n) is 1.20. The van der Waals surface area contributed by atoms with E-state index in [1.165, 1.54) is 13.2 Å². The number of pyridine rings is 1. The van der Waals surface area contributed by atoms with Crippen LogP contribution in [0.25, 0.3) is 0 Å². The minimum atomic E-state index is -4.83. The molecule has 0 saturated carbocycles. The summed E-state index contributed by atoms with van der Waals surface area (Å²) in [5, 5.41) is 0.316. The molecule has 0 aliphatic heterocycles. The summed E-state index contributed by atoms with van der Waals surface area (Å²) in [5.74, 6) is -1.16. The van der Waals surface area contributed by atoms with E-state index in [1.807, 2.05) is 0 Å². The molecule has 0 aromatic carbocycles. The zero-order valence-electron chi connectivity index (χ0n) is 9.55. The fraction of sp³-hybridized carbons (Fsp3) is 0.400. The molecular formula is C10H8BrF3INO3. The smallest absolute Gasteiger partial charge is 0.469 e. The third kappa shape index (κ3) is 5.13. The van der Waals surface area contributed by atoms with Gasteiger partial charge < -0.3 is 9.47 Å². The molecule has 1 aromatic heterocycles. The number of hydrogen-bond donors (Lipinski definition) is 0. The van der Waals surface area contributed by atoms with Crippen molar-refractivity contribution < 1.29 is 27.4 Å². The van der Waals surface area contributed by atoms with Gasteiger partial charge in [-0.25, -0.2) is 4.98 Å². The second-order valence-corrected chi connectivity index (χ2v) is 4.97. The van der Waals surface area contributed by atoms with E-state index in [0.29, 0.717) is 10.9 Å². The van der Waals surface area contributed by atoms with Gasteiger partial charge in [0.05, 0.1) is 22.8 Å². The summed E-state index contributed by atoms with van der Waals surface area (Å²) in [4.78, 5) is 14.8. The van der Waals surface area contributed by atoms with Gasteiger partial charge in [0.1, 0.15) is 0 Å². The minimum absolute atomic E-state index is 0.154. The summed E-state index contributed by atoms with van der Waals surface area (Å²) >= 11 is 4.86. The molecule has 0 aliphatic rings. The number of esters is 1. The molecule has 0 amide bonds. The summed E-state index contributed by atoms with van der Waals surface area (Å²) in [6.07, 6.45) is -5.05. The number of carbonyl (C=O) groups is 1. The molecule has 19 heavy (non-hydrogen) atoms. The molecule has 4 nitrogen and oxygen atoms in total. The van der Waals surface area contributed by atoms with Crippen LogP contribution in [0.4, 0.5) is 13.2 Å². The SMILES string of the molecule is COC(=O)Cc1cc(CBr)c(I)c(OC(F)(F)F)n1. The zero-order chi connectivity index (χ0) is 14.6. The van der Waals surface area contributed by atoms with Gasteiger partial charge in [-0.15, -0.1) is 13.2 Å². The molecule has 1 rings (SSSR count). The second-order valence-electron chi connectivity index (χ2n) is 3.33. The molecule has 9 heteroatoms. The summed E-state index contributed by atoms with van der Waals surface area (Å²) in [5.41, 5.74) is 0.703. The molecule has 0 unspecified atom stereocenters. The average molecular weight is 454 g/mol. The van der Waals surface area contributed by atoms with Crippen molar-refractivity contribution in [1.29, 1.82) is 0 Å². The Morgan fingerprint density at radius 3 is 2.63 bits per heavy atom. The summed E-state index contributed by atoms with van der Waals surface area (Å²) in [6, 6.07) is 1.52. The van der Waals surface area contributed by atoms with Crippen molar-refractivity contribution >= 4 is 44.5 Å². The van der Waals surface area contributed by atoms with Gasteiger partial charge >= 0.3 is 12.3 Å². The first-order chi connectivity index (χ1) is 8.76. The first-order valence-corrected chi connectivity index (χ1v) is 7.03. The van der Waals surface area contributed by atoms with E-state index < -0.39 is 18.2 Å². The summed E-state index contributed by atoms with van der Waals surface area (Å²) in [6.45, 7) is 0. The third-order valence-corrected chi connectivity index (χ3v) is 3.72. The largest absolute Gasteiger partial charge is 0.574 e. The van der Waals surface area contributed by atoms with Crippen LogP contribution < -0.4 is 4.74 Å². The van der Waals surface area contributed by atoms with Gasteiger partial charge in [0.25, 0.3) is 0 Å². The van der Waals surface area contributed by atoms with Crippen LogP contribution in [0.1, 0.15) is 11.3 Å². The fourth-order valence-corrected chi connectivity index (χ4v) is 2.74. The van der Waals surface area contributed by atoms with Gasteiger partial charge in [-0.1, -0.05) is 15.9 Å². The van der Waals surface area contributed by atoms with Crippen molar-refractivity contribution in [2.45, 2.75) is 18.1 Å². The molecular weight excluding hydrogens is 446 g/mol.